The molecule has 5 nitrogen and oxygen atoms in total. The second kappa shape index (κ2) is 8.21. The number of carbonyl (C=O) groups excluding carboxylic acids is 1. The molecule has 2 unspecified atom stereocenters. The lowest BCUT2D eigenvalue weighted by molar-refractivity contribution is -0.120. The molecule has 0 bridgehead atoms. The largest absolute Gasteiger partial charge is 0.464 e. The quantitative estimate of drug-likeness (QED) is 0.760. The first-order valence-corrected chi connectivity index (χ1v) is 8.61. The zero-order valence-electron chi connectivity index (χ0n) is 15.0. The number of β-amino-alcohol motifs (C(OH)–C–C–N with tert-alkyl or cyclic N) is 1. The predicted molar refractivity (Wildman–Crippen MR) is 101 cm³/mol. The molecule has 25 heavy (non-hydrogen) atoms. The number of carbonyl (C=O) groups is 1. The molecule has 1 aliphatic heterocycles. The molecule has 1 aliphatic rings. The van der Waals surface area contributed by atoms with Crippen LogP contribution in [0.3, 0.4) is 0 Å². The molecule has 3 rings (SSSR count). The summed E-state index contributed by atoms with van der Waals surface area (Å²) in [4.78, 5) is 12.2. The Labute approximate surface area is 154 Å². The van der Waals surface area contributed by atoms with Gasteiger partial charge < -0.3 is 20.2 Å². The standard InChI is InChI=1S/C19H26N2O3.ClH/c1-11(2)15-6-16-13(10-24-18(16)4-12(15)3)5-19(23)21-8-14-7-20-9-17(14)22;/h4,6,10-11,14,17,20,22H,5,7-9H2,1-3H3,(H,21,23);1H. The van der Waals surface area contributed by atoms with Crippen molar-refractivity contribution >= 4 is 29.3 Å². The number of aliphatic hydroxyl groups is 1. The number of hydrogen-bond donors (Lipinski definition) is 3. The van der Waals surface area contributed by atoms with E-state index in [4.69, 9.17) is 4.42 Å². The lowest BCUT2D eigenvalue weighted by Crippen LogP contribution is -2.35. The molecule has 0 spiro atoms. The minimum Gasteiger partial charge on any atom is -0.464 e. The highest BCUT2D eigenvalue weighted by Gasteiger charge is 2.25. The highest BCUT2D eigenvalue weighted by molar-refractivity contribution is 5.88. The third kappa shape index (κ3) is 4.35. The van der Waals surface area contributed by atoms with Crippen molar-refractivity contribution in [2.24, 2.45) is 5.92 Å². The van der Waals surface area contributed by atoms with Gasteiger partial charge in [-0.2, -0.15) is 0 Å². The summed E-state index contributed by atoms with van der Waals surface area (Å²) < 4.78 is 5.63. The van der Waals surface area contributed by atoms with E-state index < -0.39 is 0 Å². The van der Waals surface area contributed by atoms with E-state index in [1.807, 2.05) is 6.07 Å². The Morgan fingerprint density at radius 3 is 2.80 bits per heavy atom. The Kier molecular flexibility index (Phi) is 6.49. The van der Waals surface area contributed by atoms with E-state index in [2.05, 4.69) is 37.5 Å². The molecule has 1 fully saturated rings. The molecule has 2 heterocycles. The fourth-order valence-electron chi connectivity index (χ4n) is 3.41. The fourth-order valence-corrected chi connectivity index (χ4v) is 3.41. The van der Waals surface area contributed by atoms with Crippen LogP contribution in [0, 0.1) is 12.8 Å². The number of aliphatic hydroxyl groups excluding tert-OH is 1. The number of fused-ring (bicyclic) bond motifs is 1. The van der Waals surface area contributed by atoms with Gasteiger partial charge in [-0.15, -0.1) is 12.4 Å². The van der Waals surface area contributed by atoms with E-state index >= 15 is 0 Å². The van der Waals surface area contributed by atoms with Gasteiger partial charge >= 0.3 is 0 Å². The normalized spacial score (nSPS) is 20.0. The molecule has 0 aliphatic carbocycles. The Hall–Kier alpha value is -1.56. The van der Waals surface area contributed by atoms with Crippen LogP contribution < -0.4 is 10.6 Å². The van der Waals surface area contributed by atoms with Gasteiger partial charge in [-0.1, -0.05) is 13.8 Å². The van der Waals surface area contributed by atoms with Gasteiger partial charge in [-0.05, 0) is 36.1 Å². The summed E-state index contributed by atoms with van der Waals surface area (Å²) >= 11 is 0. The monoisotopic (exact) mass is 366 g/mol. The Morgan fingerprint density at radius 1 is 1.40 bits per heavy atom. The number of halogens is 1. The first-order chi connectivity index (χ1) is 11.5. The minimum absolute atomic E-state index is 0. The number of nitrogens with one attached hydrogen (secondary N) is 2. The van der Waals surface area contributed by atoms with Gasteiger partial charge in [0.15, 0.2) is 0 Å². The summed E-state index contributed by atoms with van der Waals surface area (Å²) in [5.41, 5.74) is 4.24. The van der Waals surface area contributed by atoms with E-state index in [9.17, 15) is 9.90 Å². The van der Waals surface area contributed by atoms with Crippen LogP contribution in [-0.2, 0) is 11.2 Å². The van der Waals surface area contributed by atoms with Crippen LogP contribution in [0.5, 0.6) is 0 Å². The predicted octanol–water partition coefficient (Wildman–Crippen LogP) is 2.53. The third-order valence-corrected chi connectivity index (χ3v) is 4.88. The molecule has 6 heteroatoms. The van der Waals surface area contributed by atoms with E-state index in [1.54, 1.807) is 6.26 Å². The summed E-state index contributed by atoms with van der Waals surface area (Å²) in [6, 6.07) is 4.19. The molecule has 2 atom stereocenters. The lowest BCUT2D eigenvalue weighted by Gasteiger charge is -2.14. The van der Waals surface area contributed by atoms with Gasteiger partial charge in [0.1, 0.15) is 5.58 Å². The van der Waals surface area contributed by atoms with Crippen LogP contribution in [0.4, 0.5) is 0 Å². The molecule has 3 N–H and O–H groups in total. The van der Waals surface area contributed by atoms with Crippen molar-refractivity contribution in [3.8, 4) is 0 Å². The summed E-state index contributed by atoms with van der Waals surface area (Å²) in [6.45, 7) is 8.27. The van der Waals surface area contributed by atoms with Gasteiger partial charge in [0.05, 0.1) is 18.8 Å². The number of amides is 1. The van der Waals surface area contributed by atoms with Crippen molar-refractivity contribution in [2.45, 2.75) is 39.2 Å². The van der Waals surface area contributed by atoms with Gasteiger partial charge in [-0.3, -0.25) is 4.79 Å². The van der Waals surface area contributed by atoms with Crippen LogP contribution in [0.15, 0.2) is 22.8 Å². The number of furan rings is 1. The van der Waals surface area contributed by atoms with E-state index in [-0.39, 0.29) is 30.3 Å². The molecule has 1 saturated heterocycles. The van der Waals surface area contributed by atoms with Crippen LogP contribution in [-0.4, -0.2) is 36.8 Å². The molecule has 0 saturated carbocycles. The average molecular weight is 367 g/mol. The molecule has 1 aromatic heterocycles. The van der Waals surface area contributed by atoms with Crippen molar-refractivity contribution in [1.82, 2.24) is 10.6 Å². The maximum Gasteiger partial charge on any atom is 0.224 e. The number of aryl methyl sites for hydroxylation is 1. The second-order valence-corrected chi connectivity index (χ2v) is 7.09. The van der Waals surface area contributed by atoms with Gasteiger partial charge in [-0.25, -0.2) is 0 Å². The minimum atomic E-state index is -0.378. The van der Waals surface area contributed by atoms with Crippen molar-refractivity contribution in [3.05, 3.63) is 35.1 Å². The van der Waals surface area contributed by atoms with Gasteiger partial charge in [0.25, 0.3) is 0 Å². The number of benzene rings is 1. The summed E-state index contributed by atoms with van der Waals surface area (Å²) in [5.74, 6) is 0.482. The van der Waals surface area contributed by atoms with Gasteiger partial charge in [0, 0.05) is 36.5 Å². The molecule has 0 radical (unpaired) electrons. The Bertz CT molecular complexity index is 742. The molecule has 2 aromatic rings. The highest BCUT2D eigenvalue weighted by atomic mass is 35.5. The summed E-state index contributed by atoms with van der Waals surface area (Å²) in [6.07, 6.45) is 1.60. The molecule has 1 amide bonds. The van der Waals surface area contributed by atoms with Crippen molar-refractivity contribution < 1.29 is 14.3 Å². The van der Waals surface area contributed by atoms with Crippen molar-refractivity contribution in [1.29, 1.82) is 0 Å². The highest BCUT2D eigenvalue weighted by Crippen LogP contribution is 2.29. The summed E-state index contributed by atoms with van der Waals surface area (Å²) in [7, 11) is 0. The molecular formula is C19H27ClN2O3. The third-order valence-electron chi connectivity index (χ3n) is 4.88. The summed E-state index contributed by atoms with van der Waals surface area (Å²) in [5, 5.41) is 16.8. The first kappa shape index (κ1) is 19.8. The maximum absolute atomic E-state index is 12.2. The van der Waals surface area contributed by atoms with Crippen molar-refractivity contribution in [3.63, 3.8) is 0 Å². The Balaban J connectivity index is 0.00000225. The van der Waals surface area contributed by atoms with E-state index in [0.29, 0.717) is 25.4 Å². The van der Waals surface area contributed by atoms with Crippen LogP contribution in [0.2, 0.25) is 0 Å². The fraction of sp³-hybridized carbons (Fsp3) is 0.526. The second-order valence-electron chi connectivity index (χ2n) is 7.09. The molecular weight excluding hydrogens is 340 g/mol. The van der Waals surface area contributed by atoms with Crippen molar-refractivity contribution in [2.75, 3.05) is 19.6 Å². The molecule has 138 valence electrons. The average Bonchev–Trinajstić information content (AvgIpc) is 3.10. The SMILES string of the molecule is Cc1cc2occ(CC(=O)NCC3CNCC3O)c2cc1C(C)C.Cl. The maximum atomic E-state index is 12.2. The van der Waals surface area contributed by atoms with E-state index in [1.165, 1.54) is 11.1 Å². The first-order valence-electron chi connectivity index (χ1n) is 8.61. The molecule has 1 aromatic carbocycles. The van der Waals surface area contributed by atoms with Crippen LogP contribution in [0.1, 0.15) is 36.5 Å². The zero-order valence-corrected chi connectivity index (χ0v) is 15.8. The van der Waals surface area contributed by atoms with Gasteiger partial charge in [0.2, 0.25) is 5.91 Å². The van der Waals surface area contributed by atoms with E-state index in [0.717, 1.165) is 23.1 Å². The zero-order chi connectivity index (χ0) is 17.3. The van der Waals surface area contributed by atoms with Crippen LogP contribution >= 0.6 is 12.4 Å². The Morgan fingerprint density at radius 2 is 2.16 bits per heavy atom. The number of hydrogen-bond acceptors (Lipinski definition) is 4. The number of rotatable bonds is 5. The lowest BCUT2D eigenvalue weighted by atomic mass is 9.95. The smallest absolute Gasteiger partial charge is 0.224 e. The van der Waals surface area contributed by atoms with Crippen LogP contribution in [0.25, 0.3) is 11.0 Å². The topological polar surface area (TPSA) is 74.5 Å².